The molecule has 3 rings (SSSR count). The molecule has 0 aliphatic carbocycles. The van der Waals surface area contributed by atoms with E-state index in [9.17, 15) is 4.79 Å². The number of pyridine rings is 1. The number of nitrogens with zero attached hydrogens (tertiary/aromatic N) is 3. The fourth-order valence-corrected chi connectivity index (χ4v) is 2.52. The van der Waals surface area contributed by atoms with Crippen LogP contribution in [0.2, 0.25) is 0 Å². The van der Waals surface area contributed by atoms with E-state index in [1.54, 1.807) is 24.5 Å². The predicted molar refractivity (Wildman–Crippen MR) is 95.6 cm³/mol. The Labute approximate surface area is 142 Å². The van der Waals surface area contributed by atoms with Gasteiger partial charge in [0.1, 0.15) is 0 Å². The summed E-state index contributed by atoms with van der Waals surface area (Å²) >= 11 is 0. The van der Waals surface area contributed by atoms with Gasteiger partial charge >= 0.3 is 0 Å². The van der Waals surface area contributed by atoms with Crippen LogP contribution in [0.5, 0.6) is 0 Å². The number of benzene rings is 1. The zero-order valence-corrected chi connectivity index (χ0v) is 13.9. The van der Waals surface area contributed by atoms with Crippen molar-refractivity contribution >= 4 is 29.7 Å². The molecule has 6 heteroatoms. The van der Waals surface area contributed by atoms with Gasteiger partial charge in [-0.15, -0.1) is 12.4 Å². The normalized spacial score (nSPS) is 14.9. The summed E-state index contributed by atoms with van der Waals surface area (Å²) in [6.07, 6.45) is 3.22. The van der Waals surface area contributed by atoms with Crippen LogP contribution in [-0.4, -0.2) is 49.0 Å². The first kappa shape index (κ1) is 17.2. The molecule has 1 amide bonds. The minimum absolute atomic E-state index is 0. The largest absolute Gasteiger partial charge is 0.369 e. The van der Waals surface area contributed by atoms with Crippen LogP contribution in [0.15, 0.2) is 48.8 Å². The quantitative estimate of drug-likeness (QED) is 0.938. The average Bonchev–Trinajstić information content (AvgIpc) is 2.57. The van der Waals surface area contributed by atoms with E-state index < -0.39 is 0 Å². The van der Waals surface area contributed by atoms with E-state index in [0.717, 1.165) is 31.9 Å². The number of hydrogen-bond acceptors (Lipinski definition) is 4. The van der Waals surface area contributed by atoms with Crippen molar-refractivity contribution in [2.75, 3.05) is 43.4 Å². The molecule has 1 fully saturated rings. The van der Waals surface area contributed by atoms with E-state index >= 15 is 0 Å². The highest BCUT2D eigenvalue weighted by Crippen LogP contribution is 2.19. The van der Waals surface area contributed by atoms with Gasteiger partial charge in [0, 0.05) is 49.9 Å². The van der Waals surface area contributed by atoms with Gasteiger partial charge < -0.3 is 15.1 Å². The van der Waals surface area contributed by atoms with Crippen LogP contribution in [0, 0.1) is 0 Å². The molecule has 0 atom stereocenters. The van der Waals surface area contributed by atoms with E-state index in [1.165, 1.54) is 5.69 Å². The summed E-state index contributed by atoms with van der Waals surface area (Å²) in [6.45, 7) is 4.24. The first-order valence-corrected chi connectivity index (χ1v) is 7.47. The Morgan fingerprint density at radius 2 is 1.78 bits per heavy atom. The summed E-state index contributed by atoms with van der Waals surface area (Å²) in [6, 6.07) is 11.5. The molecule has 1 aliphatic heterocycles. The van der Waals surface area contributed by atoms with Crippen LogP contribution < -0.4 is 10.2 Å². The molecule has 23 heavy (non-hydrogen) atoms. The molecule has 0 radical (unpaired) electrons. The molecule has 0 spiro atoms. The molecular weight excluding hydrogens is 312 g/mol. The number of halogens is 1. The zero-order chi connectivity index (χ0) is 15.4. The number of anilines is 2. The molecule has 0 bridgehead atoms. The van der Waals surface area contributed by atoms with Gasteiger partial charge in [-0.25, -0.2) is 0 Å². The fourth-order valence-electron chi connectivity index (χ4n) is 2.52. The Morgan fingerprint density at radius 1 is 1.09 bits per heavy atom. The second-order valence-corrected chi connectivity index (χ2v) is 5.53. The molecule has 2 heterocycles. The van der Waals surface area contributed by atoms with Crippen molar-refractivity contribution in [3.8, 4) is 0 Å². The highest BCUT2D eigenvalue weighted by Gasteiger charge is 2.14. The number of carbonyl (C=O) groups is 1. The smallest absolute Gasteiger partial charge is 0.257 e. The van der Waals surface area contributed by atoms with E-state index in [1.807, 2.05) is 12.1 Å². The molecule has 2 aromatic rings. The van der Waals surface area contributed by atoms with Crippen molar-refractivity contribution in [1.82, 2.24) is 9.88 Å². The maximum atomic E-state index is 12.1. The molecule has 1 N–H and O–H groups in total. The maximum absolute atomic E-state index is 12.1. The van der Waals surface area contributed by atoms with Crippen molar-refractivity contribution in [2.24, 2.45) is 0 Å². The molecule has 0 unspecified atom stereocenters. The van der Waals surface area contributed by atoms with Crippen LogP contribution in [0.1, 0.15) is 10.4 Å². The van der Waals surface area contributed by atoms with Gasteiger partial charge in [-0.1, -0.05) is 0 Å². The van der Waals surface area contributed by atoms with E-state index in [4.69, 9.17) is 0 Å². The Kier molecular flexibility index (Phi) is 5.96. The summed E-state index contributed by atoms with van der Waals surface area (Å²) < 4.78 is 0. The molecule has 0 saturated carbocycles. The molecule has 1 saturated heterocycles. The Hall–Kier alpha value is -2.11. The summed E-state index contributed by atoms with van der Waals surface area (Å²) in [5, 5.41) is 2.89. The van der Waals surface area contributed by atoms with Gasteiger partial charge in [0.25, 0.3) is 5.91 Å². The van der Waals surface area contributed by atoms with E-state index in [-0.39, 0.29) is 18.3 Å². The van der Waals surface area contributed by atoms with Gasteiger partial charge in [0.15, 0.2) is 0 Å². The molecule has 122 valence electrons. The number of hydrogen-bond donors (Lipinski definition) is 1. The second-order valence-electron chi connectivity index (χ2n) is 5.53. The summed E-state index contributed by atoms with van der Waals surface area (Å²) in [5.74, 6) is -0.138. The third-order valence-electron chi connectivity index (χ3n) is 3.92. The first-order chi connectivity index (χ1) is 10.7. The minimum Gasteiger partial charge on any atom is -0.369 e. The first-order valence-electron chi connectivity index (χ1n) is 7.47. The van der Waals surface area contributed by atoms with Crippen LogP contribution in [0.25, 0.3) is 0 Å². The number of amides is 1. The average molecular weight is 333 g/mol. The van der Waals surface area contributed by atoms with Crippen molar-refractivity contribution in [2.45, 2.75) is 0 Å². The number of aromatic nitrogens is 1. The van der Waals surface area contributed by atoms with Gasteiger partial charge in [0.05, 0.1) is 5.56 Å². The third-order valence-corrected chi connectivity index (χ3v) is 3.92. The topological polar surface area (TPSA) is 48.5 Å². The minimum atomic E-state index is -0.138. The number of carbonyl (C=O) groups excluding carboxylic acids is 1. The lowest BCUT2D eigenvalue weighted by molar-refractivity contribution is 0.102. The van der Waals surface area contributed by atoms with Gasteiger partial charge in [-0.3, -0.25) is 9.78 Å². The van der Waals surface area contributed by atoms with Crippen LogP contribution in [-0.2, 0) is 0 Å². The SMILES string of the molecule is CN1CCN(c2ccc(NC(=O)c3cccnc3)cc2)CC1.Cl. The number of rotatable bonds is 3. The Bertz CT molecular complexity index is 625. The Morgan fingerprint density at radius 3 is 2.39 bits per heavy atom. The summed E-state index contributed by atoms with van der Waals surface area (Å²) in [7, 11) is 2.15. The zero-order valence-electron chi connectivity index (χ0n) is 13.1. The predicted octanol–water partition coefficient (Wildman–Crippen LogP) is 2.51. The van der Waals surface area contributed by atoms with Crippen molar-refractivity contribution in [1.29, 1.82) is 0 Å². The monoisotopic (exact) mass is 332 g/mol. The molecular formula is C17H21ClN4O. The number of nitrogens with one attached hydrogen (secondary N) is 1. The van der Waals surface area contributed by atoms with E-state index in [2.05, 4.69) is 39.3 Å². The van der Waals surface area contributed by atoms with Gasteiger partial charge in [-0.05, 0) is 43.4 Å². The highest BCUT2D eigenvalue weighted by atomic mass is 35.5. The molecule has 5 nitrogen and oxygen atoms in total. The maximum Gasteiger partial charge on any atom is 0.257 e. The van der Waals surface area contributed by atoms with Crippen molar-refractivity contribution in [3.63, 3.8) is 0 Å². The lowest BCUT2D eigenvalue weighted by atomic mass is 10.2. The number of piperazine rings is 1. The molecule has 1 aromatic carbocycles. The van der Waals surface area contributed by atoms with Crippen LogP contribution >= 0.6 is 12.4 Å². The summed E-state index contributed by atoms with van der Waals surface area (Å²) in [5.41, 5.74) is 2.56. The number of likely N-dealkylation sites (N-methyl/N-ethyl adjacent to an activating group) is 1. The van der Waals surface area contributed by atoms with Crippen LogP contribution in [0.4, 0.5) is 11.4 Å². The summed E-state index contributed by atoms with van der Waals surface area (Å²) in [4.78, 5) is 20.7. The van der Waals surface area contributed by atoms with Crippen LogP contribution in [0.3, 0.4) is 0 Å². The third kappa shape index (κ3) is 4.43. The highest BCUT2D eigenvalue weighted by molar-refractivity contribution is 6.04. The molecule has 1 aromatic heterocycles. The van der Waals surface area contributed by atoms with E-state index in [0.29, 0.717) is 5.56 Å². The second kappa shape index (κ2) is 7.94. The fraction of sp³-hybridized carbons (Fsp3) is 0.294. The van der Waals surface area contributed by atoms with Crippen molar-refractivity contribution in [3.05, 3.63) is 54.4 Å². The van der Waals surface area contributed by atoms with Gasteiger partial charge in [0.2, 0.25) is 0 Å². The molecule has 1 aliphatic rings. The standard InChI is InChI=1S/C17H20N4O.ClH/c1-20-9-11-21(12-10-20)16-6-4-15(5-7-16)19-17(22)14-3-2-8-18-13-14;/h2-8,13H,9-12H2,1H3,(H,19,22);1H. The lowest BCUT2D eigenvalue weighted by Crippen LogP contribution is -2.44. The van der Waals surface area contributed by atoms with Gasteiger partial charge in [-0.2, -0.15) is 0 Å². The lowest BCUT2D eigenvalue weighted by Gasteiger charge is -2.34. The van der Waals surface area contributed by atoms with Crippen molar-refractivity contribution < 1.29 is 4.79 Å². The Balaban J connectivity index is 0.00000192.